The van der Waals surface area contributed by atoms with Crippen LogP contribution in [0.4, 0.5) is 0 Å². The van der Waals surface area contributed by atoms with Crippen LogP contribution in [0.2, 0.25) is 0 Å². The fourth-order valence-electron chi connectivity index (χ4n) is 2.03. The third-order valence-electron chi connectivity index (χ3n) is 3.01. The topological polar surface area (TPSA) is 9.23 Å². The smallest absolute Gasteiger partial charge is 0.0829 e. The number of hydrogen-bond donors (Lipinski definition) is 0. The highest BCUT2D eigenvalue weighted by molar-refractivity contribution is 5.23. The molecular weight excluding hydrogens is 196 g/mol. The highest BCUT2D eigenvalue weighted by Crippen LogP contribution is 2.33. The summed E-state index contributed by atoms with van der Waals surface area (Å²) < 4.78 is 5.94. The summed E-state index contributed by atoms with van der Waals surface area (Å²) in [5.41, 5.74) is 2.66. The van der Waals surface area contributed by atoms with Crippen molar-refractivity contribution in [3.8, 4) is 0 Å². The van der Waals surface area contributed by atoms with Crippen molar-refractivity contribution in [3.05, 3.63) is 48.6 Å². The van der Waals surface area contributed by atoms with Gasteiger partial charge in [0, 0.05) is 0 Å². The SMILES string of the molecule is C=C.CC[C@H]1CCC(c2ccc(C)cc2)O1. The maximum Gasteiger partial charge on any atom is 0.0829 e. The molecule has 0 aliphatic carbocycles. The van der Waals surface area contributed by atoms with E-state index in [4.69, 9.17) is 4.74 Å². The van der Waals surface area contributed by atoms with Gasteiger partial charge in [0.15, 0.2) is 0 Å². The van der Waals surface area contributed by atoms with E-state index in [0.29, 0.717) is 12.2 Å². The van der Waals surface area contributed by atoms with E-state index < -0.39 is 0 Å². The molecule has 88 valence electrons. The van der Waals surface area contributed by atoms with E-state index in [1.54, 1.807) is 0 Å². The Bertz CT molecular complexity index is 302. The molecule has 0 radical (unpaired) electrons. The number of aryl methyl sites for hydroxylation is 1. The van der Waals surface area contributed by atoms with Crippen LogP contribution in [0.5, 0.6) is 0 Å². The maximum absolute atomic E-state index is 5.94. The molecule has 1 saturated heterocycles. The maximum atomic E-state index is 5.94. The van der Waals surface area contributed by atoms with Gasteiger partial charge in [-0.05, 0) is 31.7 Å². The minimum absolute atomic E-state index is 0.348. The van der Waals surface area contributed by atoms with Crippen molar-refractivity contribution in [1.29, 1.82) is 0 Å². The molecule has 1 heterocycles. The summed E-state index contributed by atoms with van der Waals surface area (Å²) in [7, 11) is 0. The predicted molar refractivity (Wildman–Crippen MR) is 69.6 cm³/mol. The van der Waals surface area contributed by atoms with Crippen LogP contribution < -0.4 is 0 Å². The minimum Gasteiger partial charge on any atom is -0.370 e. The Morgan fingerprint density at radius 1 is 1.19 bits per heavy atom. The lowest BCUT2D eigenvalue weighted by Gasteiger charge is -2.12. The van der Waals surface area contributed by atoms with Crippen LogP contribution in [-0.4, -0.2) is 6.10 Å². The molecule has 0 spiro atoms. The van der Waals surface area contributed by atoms with Gasteiger partial charge in [-0.1, -0.05) is 36.8 Å². The van der Waals surface area contributed by atoms with E-state index >= 15 is 0 Å². The van der Waals surface area contributed by atoms with Gasteiger partial charge in [-0.15, -0.1) is 13.2 Å². The summed E-state index contributed by atoms with van der Waals surface area (Å²) in [6, 6.07) is 8.71. The summed E-state index contributed by atoms with van der Waals surface area (Å²) in [4.78, 5) is 0. The molecule has 1 fully saturated rings. The molecule has 0 aromatic heterocycles. The lowest BCUT2D eigenvalue weighted by Crippen LogP contribution is -2.04. The van der Waals surface area contributed by atoms with Crippen molar-refractivity contribution in [2.45, 2.75) is 45.3 Å². The van der Waals surface area contributed by atoms with Crippen LogP contribution in [0.15, 0.2) is 37.4 Å². The Labute approximate surface area is 99.1 Å². The zero-order valence-corrected chi connectivity index (χ0v) is 10.4. The normalized spacial score (nSPS) is 23.6. The second kappa shape index (κ2) is 6.49. The molecule has 1 heteroatoms. The largest absolute Gasteiger partial charge is 0.370 e. The van der Waals surface area contributed by atoms with Crippen molar-refractivity contribution in [2.24, 2.45) is 0 Å². The highest BCUT2D eigenvalue weighted by atomic mass is 16.5. The zero-order valence-electron chi connectivity index (χ0n) is 10.4. The van der Waals surface area contributed by atoms with Crippen LogP contribution in [0.25, 0.3) is 0 Å². The van der Waals surface area contributed by atoms with Crippen LogP contribution in [-0.2, 0) is 4.74 Å². The molecule has 0 N–H and O–H groups in total. The molecule has 1 unspecified atom stereocenters. The molecule has 1 aliphatic rings. The summed E-state index contributed by atoms with van der Waals surface area (Å²) in [6.45, 7) is 10.3. The highest BCUT2D eigenvalue weighted by Gasteiger charge is 2.24. The summed E-state index contributed by atoms with van der Waals surface area (Å²) >= 11 is 0. The fourth-order valence-corrected chi connectivity index (χ4v) is 2.03. The molecule has 1 aromatic carbocycles. The first-order valence-electron chi connectivity index (χ1n) is 6.01. The van der Waals surface area contributed by atoms with E-state index in [9.17, 15) is 0 Å². The molecule has 1 aromatic rings. The zero-order chi connectivity index (χ0) is 12.0. The van der Waals surface area contributed by atoms with Gasteiger partial charge in [-0.2, -0.15) is 0 Å². The van der Waals surface area contributed by atoms with E-state index in [1.807, 2.05) is 0 Å². The third-order valence-corrected chi connectivity index (χ3v) is 3.01. The quantitative estimate of drug-likeness (QED) is 0.667. The first-order chi connectivity index (χ1) is 7.79. The van der Waals surface area contributed by atoms with E-state index in [0.717, 1.165) is 6.42 Å². The first-order valence-corrected chi connectivity index (χ1v) is 6.01. The first kappa shape index (κ1) is 13.0. The molecule has 1 aliphatic heterocycles. The second-order valence-corrected chi connectivity index (χ2v) is 4.14. The summed E-state index contributed by atoms with van der Waals surface area (Å²) in [6.07, 6.45) is 4.38. The Morgan fingerprint density at radius 2 is 1.81 bits per heavy atom. The van der Waals surface area contributed by atoms with Gasteiger partial charge in [-0.3, -0.25) is 0 Å². The minimum atomic E-state index is 0.348. The molecule has 0 saturated carbocycles. The Balaban J connectivity index is 0.000000606. The molecule has 2 atom stereocenters. The third kappa shape index (κ3) is 3.21. The van der Waals surface area contributed by atoms with Gasteiger partial charge in [-0.25, -0.2) is 0 Å². The Morgan fingerprint density at radius 3 is 2.31 bits per heavy atom. The van der Waals surface area contributed by atoms with Crippen LogP contribution in [0.3, 0.4) is 0 Å². The predicted octanol–water partition coefficient (Wildman–Crippen LogP) is 4.43. The van der Waals surface area contributed by atoms with Crippen molar-refractivity contribution in [2.75, 3.05) is 0 Å². The number of hydrogen-bond acceptors (Lipinski definition) is 1. The Hall–Kier alpha value is -1.08. The lowest BCUT2D eigenvalue weighted by atomic mass is 10.0. The van der Waals surface area contributed by atoms with Crippen molar-refractivity contribution < 1.29 is 4.74 Å². The Kier molecular flexibility index (Phi) is 5.27. The van der Waals surface area contributed by atoms with Gasteiger partial charge in [0.2, 0.25) is 0 Å². The average molecular weight is 218 g/mol. The van der Waals surface area contributed by atoms with Crippen molar-refractivity contribution in [3.63, 3.8) is 0 Å². The van der Waals surface area contributed by atoms with E-state index in [-0.39, 0.29) is 0 Å². The van der Waals surface area contributed by atoms with Gasteiger partial charge in [0.25, 0.3) is 0 Å². The standard InChI is InChI=1S/C13H18O.C2H4/c1-3-12-8-9-13(14-12)11-6-4-10(2)5-7-11;1-2/h4-7,12-13H,3,8-9H2,1-2H3;1-2H2/t12-,13?;/m0./s1. The summed E-state index contributed by atoms with van der Waals surface area (Å²) in [5.74, 6) is 0. The number of benzene rings is 1. The second-order valence-electron chi connectivity index (χ2n) is 4.14. The molecule has 0 amide bonds. The van der Waals surface area contributed by atoms with Crippen LogP contribution >= 0.6 is 0 Å². The molecule has 2 rings (SSSR count). The van der Waals surface area contributed by atoms with Gasteiger partial charge in [0.05, 0.1) is 12.2 Å². The molecule has 0 bridgehead atoms. The molecular formula is C15H22O. The van der Waals surface area contributed by atoms with Gasteiger partial charge in [0.1, 0.15) is 0 Å². The molecule has 16 heavy (non-hydrogen) atoms. The van der Waals surface area contributed by atoms with Crippen molar-refractivity contribution in [1.82, 2.24) is 0 Å². The number of ether oxygens (including phenoxy) is 1. The van der Waals surface area contributed by atoms with E-state index in [2.05, 4.69) is 51.3 Å². The number of rotatable bonds is 2. The summed E-state index contributed by atoms with van der Waals surface area (Å²) in [5, 5.41) is 0. The van der Waals surface area contributed by atoms with Crippen LogP contribution in [0, 0.1) is 6.92 Å². The van der Waals surface area contributed by atoms with Gasteiger partial charge < -0.3 is 4.74 Å². The van der Waals surface area contributed by atoms with Crippen LogP contribution in [0.1, 0.15) is 43.4 Å². The molecule has 1 nitrogen and oxygen atoms in total. The average Bonchev–Trinajstić information content (AvgIpc) is 2.81. The fraction of sp³-hybridized carbons (Fsp3) is 0.467. The van der Waals surface area contributed by atoms with Crippen molar-refractivity contribution >= 4 is 0 Å². The monoisotopic (exact) mass is 218 g/mol. The lowest BCUT2D eigenvalue weighted by molar-refractivity contribution is 0.0428. The van der Waals surface area contributed by atoms with Gasteiger partial charge >= 0.3 is 0 Å². The van der Waals surface area contributed by atoms with E-state index in [1.165, 1.54) is 24.0 Å².